The van der Waals surface area contributed by atoms with Gasteiger partial charge in [-0.3, -0.25) is 14.5 Å². The Balaban J connectivity index is 1.42. The highest BCUT2D eigenvalue weighted by molar-refractivity contribution is 8.27. The number of alkyl halides is 3. The maximum Gasteiger partial charge on any atom is 0.416 e. The first-order chi connectivity index (χ1) is 17.6. The molecule has 2 amide bonds. The van der Waals surface area contributed by atoms with Crippen molar-refractivity contribution in [1.29, 1.82) is 0 Å². The first-order valence-corrected chi connectivity index (χ1v) is 12.4. The summed E-state index contributed by atoms with van der Waals surface area (Å²) in [6, 6.07) is 18.8. The molecule has 190 valence electrons. The standard InChI is InChI=1S/C27H21F3N2O3S2/c1-2-17-9-11-20(12-10-17)31-24(33)16-35-22-8-3-5-18(13-22)14-23-25(34)32(26(36)37-23)21-7-4-6-19(15-21)27(28,29)30/h3-15H,2,16H2,1H3,(H,31,33)/b23-14-. The number of anilines is 2. The van der Waals surface area contributed by atoms with Crippen molar-refractivity contribution in [2.24, 2.45) is 0 Å². The van der Waals surface area contributed by atoms with Crippen LogP contribution in [0, 0.1) is 0 Å². The smallest absolute Gasteiger partial charge is 0.416 e. The number of amides is 2. The van der Waals surface area contributed by atoms with Gasteiger partial charge in [-0.15, -0.1) is 0 Å². The van der Waals surface area contributed by atoms with E-state index in [2.05, 4.69) is 5.32 Å². The van der Waals surface area contributed by atoms with Crippen molar-refractivity contribution in [3.63, 3.8) is 0 Å². The summed E-state index contributed by atoms with van der Waals surface area (Å²) in [6.45, 7) is 1.84. The van der Waals surface area contributed by atoms with Crippen molar-refractivity contribution >= 4 is 57.6 Å². The van der Waals surface area contributed by atoms with E-state index in [9.17, 15) is 22.8 Å². The number of ether oxygens (including phenoxy) is 1. The molecule has 1 N–H and O–H groups in total. The lowest BCUT2D eigenvalue weighted by atomic mass is 10.1. The number of benzene rings is 3. The number of nitrogens with zero attached hydrogens (tertiary/aromatic N) is 1. The number of carbonyl (C=O) groups excluding carboxylic acids is 2. The molecule has 0 spiro atoms. The van der Waals surface area contributed by atoms with Gasteiger partial charge in [0.1, 0.15) is 5.75 Å². The van der Waals surface area contributed by atoms with Gasteiger partial charge < -0.3 is 10.1 Å². The van der Waals surface area contributed by atoms with E-state index in [-0.39, 0.29) is 27.4 Å². The number of rotatable bonds is 7. The Labute approximate surface area is 221 Å². The molecule has 3 aromatic carbocycles. The van der Waals surface area contributed by atoms with E-state index >= 15 is 0 Å². The van der Waals surface area contributed by atoms with Gasteiger partial charge in [0.05, 0.1) is 16.2 Å². The number of aryl methyl sites for hydroxylation is 1. The van der Waals surface area contributed by atoms with Gasteiger partial charge in [-0.05, 0) is 66.1 Å². The van der Waals surface area contributed by atoms with Gasteiger partial charge >= 0.3 is 6.18 Å². The van der Waals surface area contributed by atoms with Crippen molar-refractivity contribution in [3.8, 4) is 5.75 Å². The number of thioether (sulfide) groups is 1. The lowest BCUT2D eigenvalue weighted by molar-refractivity contribution is -0.137. The largest absolute Gasteiger partial charge is 0.484 e. The Kier molecular flexibility index (Phi) is 7.99. The van der Waals surface area contributed by atoms with Crippen LogP contribution in [0.5, 0.6) is 5.75 Å². The zero-order valence-electron chi connectivity index (χ0n) is 19.5. The predicted molar refractivity (Wildman–Crippen MR) is 143 cm³/mol. The highest BCUT2D eigenvalue weighted by atomic mass is 32.2. The van der Waals surface area contributed by atoms with Gasteiger partial charge in [-0.2, -0.15) is 13.2 Å². The molecule has 0 saturated carbocycles. The van der Waals surface area contributed by atoms with Crippen molar-refractivity contribution in [1.82, 2.24) is 0 Å². The number of hydrogen-bond donors (Lipinski definition) is 1. The summed E-state index contributed by atoms with van der Waals surface area (Å²) in [5.41, 5.74) is 1.63. The molecule has 0 aliphatic carbocycles. The molecule has 3 aromatic rings. The molecular weight excluding hydrogens is 521 g/mol. The molecule has 37 heavy (non-hydrogen) atoms. The minimum atomic E-state index is -4.54. The third-order valence-electron chi connectivity index (χ3n) is 5.40. The molecule has 1 aliphatic rings. The van der Waals surface area contributed by atoms with Crippen LogP contribution in [0.15, 0.2) is 77.7 Å². The normalized spacial score (nSPS) is 14.8. The molecule has 1 fully saturated rings. The average molecular weight is 543 g/mol. The fraction of sp³-hybridized carbons (Fsp3) is 0.148. The fourth-order valence-electron chi connectivity index (χ4n) is 3.53. The van der Waals surface area contributed by atoms with E-state index in [1.807, 2.05) is 31.2 Å². The minimum Gasteiger partial charge on any atom is -0.484 e. The molecule has 0 radical (unpaired) electrons. The van der Waals surface area contributed by atoms with Crippen molar-refractivity contribution in [2.75, 3.05) is 16.8 Å². The van der Waals surface area contributed by atoms with E-state index in [0.29, 0.717) is 17.0 Å². The molecule has 0 aromatic heterocycles. The van der Waals surface area contributed by atoms with E-state index in [0.717, 1.165) is 40.8 Å². The quantitative estimate of drug-likeness (QED) is 0.266. The van der Waals surface area contributed by atoms with Crippen LogP contribution in [-0.4, -0.2) is 22.7 Å². The molecule has 0 bridgehead atoms. The second kappa shape index (κ2) is 11.2. The van der Waals surface area contributed by atoms with Crippen LogP contribution in [0.25, 0.3) is 6.08 Å². The topological polar surface area (TPSA) is 58.6 Å². The third-order valence-corrected chi connectivity index (χ3v) is 6.70. The number of hydrogen-bond acceptors (Lipinski definition) is 5. The highest BCUT2D eigenvalue weighted by Gasteiger charge is 2.36. The van der Waals surface area contributed by atoms with Gasteiger partial charge in [-0.25, -0.2) is 0 Å². The first kappa shape index (κ1) is 26.4. The Morgan fingerprint density at radius 1 is 1.08 bits per heavy atom. The fourth-order valence-corrected chi connectivity index (χ4v) is 4.83. The highest BCUT2D eigenvalue weighted by Crippen LogP contribution is 2.38. The molecular formula is C27H21F3N2O3S2. The molecule has 5 nitrogen and oxygen atoms in total. The number of nitrogens with one attached hydrogen (secondary N) is 1. The van der Waals surface area contributed by atoms with Gasteiger partial charge in [0.2, 0.25) is 0 Å². The summed E-state index contributed by atoms with van der Waals surface area (Å²) in [5, 5.41) is 2.77. The zero-order valence-corrected chi connectivity index (χ0v) is 21.2. The number of carbonyl (C=O) groups is 2. The lowest BCUT2D eigenvalue weighted by Gasteiger charge is -2.16. The molecule has 1 aliphatic heterocycles. The van der Waals surface area contributed by atoms with Crippen molar-refractivity contribution in [3.05, 3.63) is 94.4 Å². The van der Waals surface area contributed by atoms with Crippen LogP contribution in [0.1, 0.15) is 23.6 Å². The van der Waals surface area contributed by atoms with Gasteiger partial charge in [0.25, 0.3) is 11.8 Å². The monoisotopic (exact) mass is 542 g/mol. The van der Waals surface area contributed by atoms with Crippen molar-refractivity contribution < 1.29 is 27.5 Å². The summed E-state index contributed by atoms with van der Waals surface area (Å²) < 4.78 is 45.1. The van der Waals surface area contributed by atoms with Crippen molar-refractivity contribution in [2.45, 2.75) is 19.5 Å². The summed E-state index contributed by atoms with van der Waals surface area (Å²) >= 11 is 6.27. The summed E-state index contributed by atoms with van der Waals surface area (Å²) in [6.07, 6.45) is -2.05. The Bertz CT molecular complexity index is 1370. The van der Waals surface area contributed by atoms with E-state index < -0.39 is 17.6 Å². The van der Waals surface area contributed by atoms with Gasteiger partial charge in [0.15, 0.2) is 10.9 Å². The predicted octanol–water partition coefficient (Wildman–Crippen LogP) is 6.69. The third kappa shape index (κ3) is 6.58. The molecule has 0 unspecified atom stereocenters. The van der Waals surface area contributed by atoms with E-state index in [1.54, 1.807) is 30.3 Å². The number of thiocarbonyl (C=S) groups is 1. The Morgan fingerprint density at radius 3 is 2.51 bits per heavy atom. The van der Waals surface area contributed by atoms with E-state index in [4.69, 9.17) is 17.0 Å². The van der Waals surface area contributed by atoms with Gasteiger partial charge in [-0.1, -0.05) is 61.2 Å². The Morgan fingerprint density at radius 2 is 1.81 bits per heavy atom. The maximum atomic E-state index is 13.1. The lowest BCUT2D eigenvalue weighted by Crippen LogP contribution is -2.27. The van der Waals surface area contributed by atoms with Crippen LogP contribution in [-0.2, 0) is 22.2 Å². The summed E-state index contributed by atoms with van der Waals surface area (Å²) in [5.74, 6) is -0.427. The van der Waals surface area contributed by atoms with Crippen LogP contribution in [0.3, 0.4) is 0 Å². The van der Waals surface area contributed by atoms with Crippen LogP contribution in [0.4, 0.5) is 24.5 Å². The van der Waals surface area contributed by atoms with Crippen LogP contribution < -0.4 is 15.0 Å². The second-order valence-electron chi connectivity index (χ2n) is 8.03. The first-order valence-electron chi connectivity index (χ1n) is 11.2. The molecule has 0 atom stereocenters. The minimum absolute atomic E-state index is 0.0492. The maximum absolute atomic E-state index is 13.1. The molecule has 1 heterocycles. The van der Waals surface area contributed by atoms with Gasteiger partial charge in [0, 0.05) is 5.69 Å². The average Bonchev–Trinajstić information content (AvgIpc) is 3.15. The summed E-state index contributed by atoms with van der Waals surface area (Å²) in [7, 11) is 0. The SMILES string of the molecule is CCc1ccc(NC(=O)COc2cccc(/C=C3\SC(=S)N(c4cccc(C(F)(F)F)c4)C3=O)c2)cc1. The molecule has 4 rings (SSSR count). The summed E-state index contributed by atoms with van der Waals surface area (Å²) in [4.78, 5) is 26.6. The molecule has 1 saturated heterocycles. The Hall–Kier alpha value is -3.63. The molecule has 10 heteroatoms. The van der Waals surface area contributed by atoms with Crippen LogP contribution in [0.2, 0.25) is 0 Å². The van der Waals surface area contributed by atoms with E-state index in [1.165, 1.54) is 12.1 Å². The van der Waals surface area contributed by atoms with Crippen LogP contribution >= 0.6 is 24.0 Å². The number of halogens is 3. The second-order valence-corrected chi connectivity index (χ2v) is 9.70. The zero-order chi connectivity index (χ0) is 26.6.